The van der Waals surface area contributed by atoms with Crippen molar-refractivity contribution in [3.63, 3.8) is 0 Å². The normalized spacial score (nSPS) is 1.60. The number of aliphatic hydroxyl groups excluding tert-OH is 1. The van der Waals surface area contributed by atoms with E-state index in [0.717, 1.165) is 7.11 Å². The van der Waals surface area contributed by atoms with Gasteiger partial charge in [-0.25, -0.2) is 5.26 Å². The predicted molar refractivity (Wildman–Crippen MR) is 21.5 cm³/mol. The van der Waals surface area contributed by atoms with Crippen LogP contribution in [0.15, 0.2) is 0 Å². The zero-order valence-corrected chi connectivity index (χ0v) is 2.47. The zero-order chi connectivity index (χ0) is 4.00. The summed E-state index contributed by atoms with van der Waals surface area (Å²) in [7, 11) is 1.00. The zero-order valence-electron chi connectivity index (χ0n) is 2.47. The van der Waals surface area contributed by atoms with Crippen LogP contribution in [0.1, 0.15) is 7.43 Å². The Morgan fingerprint density at radius 3 is 1.40 bits per heavy atom. The van der Waals surface area contributed by atoms with Crippen molar-refractivity contribution >= 4 is 0 Å². The molecule has 0 spiro atoms. The molecule has 0 aromatic heterocycles. The smallest absolute Gasteiger partial charge is 0.0462 e. The van der Waals surface area contributed by atoms with Crippen molar-refractivity contribution in [3.8, 4) is 6.57 Å². The third-order valence-electron chi connectivity index (χ3n) is 0. The van der Waals surface area contributed by atoms with E-state index in [1.807, 2.05) is 0 Å². The molecule has 2 nitrogen and oxygen atoms in total. The van der Waals surface area contributed by atoms with Crippen molar-refractivity contribution in [1.82, 2.24) is 0 Å². The van der Waals surface area contributed by atoms with Gasteiger partial charge in [0.05, 0.1) is 0 Å². The largest absolute Gasteiger partial charge is 0.400 e. The van der Waals surface area contributed by atoms with Crippen molar-refractivity contribution < 1.29 is 5.11 Å². The molecule has 0 heterocycles. The number of nitrogens with zero attached hydrogens (tertiary/aromatic N) is 1. The van der Waals surface area contributed by atoms with Crippen LogP contribution in [-0.4, -0.2) is 12.2 Å². The molecular weight excluding hydrogens is 66.0 g/mol. The molecular formula is C3H9NO. The first-order valence-electron chi connectivity index (χ1n) is 0.705. The molecule has 0 rings (SSSR count). The minimum atomic E-state index is 0. The molecule has 0 radical (unpaired) electrons. The number of aliphatic hydroxyl groups is 1. The number of rotatable bonds is 0. The number of nitriles is 1. The summed E-state index contributed by atoms with van der Waals surface area (Å²) in [6.45, 7) is 3.50. The van der Waals surface area contributed by atoms with Crippen LogP contribution in [0.3, 0.4) is 0 Å². The van der Waals surface area contributed by atoms with E-state index < -0.39 is 0 Å². The Kier molecular flexibility index (Phi) is 345. The van der Waals surface area contributed by atoms with Crippen LogP contribution < -0.4 is 0 Å². The second-order valence-corrected chi connectivity index (χ2v) is 0. The summed E-state index contributed by atoms with van der Waals surface area (Å²) in [6.07, 6.45) is 0. The highest BCUT2D eigenvalue weighted by Crippen LogP contribution is 0.755. The Balaban J connectivity index is -0.0000000133. The lowest BCUT2D eigenvalue weighted by atomic mass is 11.8. The summed E-state index contributed by atoms with van der Waals surface area (Å²) in [6, 6.07) is 0. The minimum Gasteiger partial charge on any atom is -0.400 e. The van der Waals surface area contributed by atoms with Gasteiger partial charge in [0.2, 0.25) is 0 Å². The first-order chi connectivity index (χ1) is 2.00. The van der Waals surface area contributed by atoms with Crippen LogP contribution >= 0.6 is 0 Å². The second-order valence-electron chi connectivity index (χ2n) is 0. The van der Waals surface area contributed by atoms with E-state index in [9.17, 15) is 0 Å². The summed E-state index contributed by atoms with van der Waals surface area (Å²) in [5.41, 5.74) is 0. The molecule has 0 amide bonds. The van der Waals surface area contributed by atoms with Crippen LogP contribution in [0.4, 0.5) is 0 Å². The third kappa shape index (κ3) is 24.0. The van der Waals surface area contributed by atoms with E-state index in [4.69, 9.17) is 10.4 Å². The van der Waals surface area contributed by atoms with Crippen LogP contribution in [0.2, 0.25) is 0 Å². The van der Waals surface area contributed by atoms with Gasteiger partial charge in [-0.05, 0) is 0 Å². The molecule has 0 fully saturated rings. The molecule has 2 heteroatoms. The first kappa shape index (κ1) is 25.2. The molecule has 0 aliphatic heterocycles. The minimum absolute atomic E-state index is 0. The fourth-order valence-electron chi connectivity index (χ4n) is 0. The maximum absolute atomic E-state index is 7.00. The third-order valence-corrected chi connectivity index (χ3v) is 0. The Morgan fingerprint density at radius 1 is 1.40 bits per heavy atom. The monoisotopic (exact) mass is 75.1 g/mol. The lowest BCUT2D eigenvalue weighted by molar-refractivity contribution is 0.399. The molecule has 0 saturated carbocycles. The van der Waals surface area contributed by atoms with Crippen molar-refractivity contribution in [3.05, 3.63) is 0 Å². The fourth-order valence-corrected chi connectivity index (χ4v) is 0. The Morgan fingerprint density at radius 2 is 1.40 bits per heavy atom. The topological polar surface area (TPSA) is 44.0 Å². The van der Waals surface area contributed by atoms with Gasteiger partial charge in [-0.2, -0.15) is 0 Å². The van der Waals surface area contributed by atoms with Gasteiger partial charge in [-0.15, -0.1) is 0 Å². The van der Waals surface area contributed by atoms with Crippen LogP contribution in [-0.2, 0) is 0 Å². The maximum atomic E-state index is 7.00. The highest BCUT2D eigenvalue weighted by molar-refractivity contribution is 4.03. The average Bonchev–Trinajstić information content (AvgIpc) is 1.50. The summed E-state index contributed by atoms with van der Waals surface area (Å²) >= 11 is 0. The fraction of sp³-hybridized carbons (Fsp3) is 0.667. The van der Waals surface area contributed by atoms with E-state index in [1.165, 1.54) is 0 Å². The van der Waals surface area contributed by atoms with E-state index in [0.29, 0.717) is 0 Å². The molecule has 0 atom stereocenters. The highest BCUT2D eigenvalue weighted by atomic mass is 16.2. The molecule has 0 aliphatic rings. The SMILES string of the molecule is C.C#N.CO. The van der Waals surface area contributed by atoms with E-state index in [2.05, 4.69) is 6.57 Å². The van der Waals surface area contributed by atoms with Gasteiger partial charge in [-0.1, -0.05) is 7.43 Å². The first-order valence-corrected chi connectivity index (χ1v) is 0.705. The summed E-state index contributed by atoms with van der Waals surface area (Å²) in [5.74, 6) is 0. The predicted octanol–water partition coefficient (Wildman–Crippen LogP) is 0.384. The average molecular weight is 75.1 g/mol. The molecule has 5 heavy (non-hydrogen) atoms. The van der Waals surface area contributed by atoms with Crippen LogP contribution in [0.25, 0.3) is 0 Å². The van der Waals surface area contributed by atoms with Crippen molar-refractivity contribution in [2.75, 3.05) is 7.11 Å². The van der Waals surface area contributed by atoms with Crippen molar-refractivity contribution in [2.45, 2.75) is 7.43 Å². The lowest BCUT2D eigenvalue weighted by Gasteiger charge is -1.21. The Labute approximate surface area is 32.7 Å². The number of hydrogen-bond donors (Lipinski definition) is 1. The summed E-state index contributed by atoms with van der Waals surface area (Å²) in [4.78, 5) is 0. The van der Waals surface area contributed by atoms with Gasteiger partial charge < -0.3 is 5.11 Å². The molecule has 0 aromatic carbocycles. The molecule has 0 bridgehead atoms. The lowest BCUT2D eigenvalue weighted by Crippen LogP contribution is -1.25. The molecule has 1 N–H and O–H groups in total. The quantitative estimate of drug-likeness (QED) is 0.452. The van der Waals surface area contributed by atoms with Gasteiger partial charge in [0, 0.05) is 13.7 Å². The maximum Gasteiger partial charge on any atom is 0.0462 e. The van der Waals surface area contributed by atoms with Crippen LogP contribution in [0, 0.1) is 11.8 Å². The molecule has 0 aliphatic carbocycles. The second kappa shape index (κ2) is 68.5. The standard InChI is InChI=1S/CHN.CH4O.CH4/c2*1-2;/h1H;2H,1H3;1H4. The van der Waals surface area contributed by atoms with Gasteiger partial charge in [-0.3, -0.25) is 0 Å². The van der Waals surface area contributed by atoms with E-state index >= 15 is 0 Å². The summed E-state index contributed by atoms with van der Waals surface area (Å²) < 4.78 is 0. The van der Waals surface area contributed by atoms with Gasteiger partial charge >= 0.3 is 0 Å². The molecule has 0 saturated heterocycles. The molecule has 0 aromatic rings. The van der Waals surface area contributed by atoms with Gasteiger partial charge in [0.15, 0.2) is 0 Å². The van der Waals surface area contributed by atoms with E-state index in [1.54, 1.807) is 0 Å². The highest BCUT2D eigenvalue weighted by Gasteiger charge is 0.839. The van der Waals surface area contributed by atoms with Gasteiger partial charge in [0.25, 0.3) is 0 Å². The number of hydrogen-bond acceptors (Lipinski definition) is 2. The van der Waals surface area contributed by atoms with Crippen LogP contribution in [0.5, 0.6) is 0 Å². The Bertz CT molecular complexity index is 11.6. The van der Waals surface area contributed by atoms with Gasteiger partial charge in [0.1, 0.15) is 0 Å². The molecule has 32 valence electrons. The molecule has 0 unspecified atom stereocenters. The Hall–Kier alpha value is -0.550. The van der Waals surface area contributed by atoms with E-state index in [-0.39, 0.29) is 7.43 Å². The summed E-state index contributed by atoms with van der Waals surface area (Å²) in [5, 5.41) is 13.5. The van der Waals surface area contributed by atoms with Crippen molar-refractivity contribution in [1.29, 1.82) is 5.26 Å². The van der Waals surface area contributed by atoms with Crippen molar-refractivity contribution in [2.24, 2.45) is 0 Å².